The minimum Gasteiger partial charge on any atom is -0.478 e. The van der Waals surface area contributed by atoms with Crippen LogP contribution in [0.5, 0.6) is 0 Å². The first-order valence-electron chi connectivity index (χ1n) is 7.88. The summed E-state index contributed by atoms with van der Waals surface area (Å²) in [7, 11) is 0. The fraction of sp³-hybridized carbons (Fsp3) is 0.611. The first-order valence-corrected chi connectivity index (χ1v) is 7.88. The zero-order valence-corrected chi connectivity index (χ0v) is 13.5. The van der Waals surface area contributed by atoms with Crippen molar-refractivity contribution in [3.8, 4) is 0 Å². The molecule has 0 amide bonds. The average molecular weight is 276 g/mol. The Morgan fingerprint density at radius 1 is 1.35 bits per heavy atom. The summed E-state index contributed by atoms with van der Waals surface area (Å²) >= 11 is 0. The van der Waals surface area contributed by atoms with Gasteiger partial charge in [0.05, 0.1) is 5.56 Å². The summed E-state index contributed by atoms with van der Waals surface area (Å²) < 4.78 is 0. The molecule has 20 heavy (non-hydrogen) atoms. The number of carboxylic acids is 1. The maximum atomic E-state index is 11.2. The number of hydrogen-bond acceptors (Lipinski definition) is 1. The number of fused-ring (bicyclic) bond motifs is 1. The van der Waals surface area contributed by atoms with Crippen molar-refractivity contribution in [2.24, 2.45) is 5.92 Å². The molecule has 0 saturated carbocycles. The highest BCUT2D eigenvalue weighted by molar-refractivity contribution is 5.88. The van der Waals surface area contributed by atoms with Crippen molar-refractivity contribution in [3.05, 3.63) is 34.9 Å². The van der Waals surface area contributed by atoms with E-state index in [1.807, 2.05) is 26.0 Å². The van der Waals surface area contributed by atoms with E-state index in [2.05, 4.69) is 20.8 Å². The van der Waals surface area contributed by atoms with Crippen molar-refractivity contribution < 1.29 is 9.90 Å². The van der Waals surface area contributed by atoms with Crippen LogP contribution in [0.1, 0.15) is 75.4 Å². The molecule has 1 unspecified atom stereocenters. The van der Waals surface area contributed by atoms with E-state index in [0.717, 1.165) is 12.8 Å². The molecular formula is C18H28O2. The van der Waals surface area contributed by atoms with Gasteiger partial charge in [0.25, 0.3) is 0 Å². The van der Waals surface area contributed by atoms with E-state index in [0.29, 0.717) is 11.5 Å². The zero-order chi connectivity index (χ0) is 15.3. The molecule has 2 heteroatoms. The van der Waals surface area contributed by atoms with E-state index in [1.165, 1.54) is 24.0 Å². The van der Waals surface area contributed by atoms with Gasteiger partial charge in [-0.15, -0.1) is 0 Å². The van der Waals surface area contributed by atoms with Gasteiger partial charge in [-0.25, -0.2) is 4.79 Å². The minimum atomic E-state index is -0.822. The van der Waals surface area contributed by atoms with Crippen LogP contribution in [0.3, 0.4) is 0 Å². The van der Waals surface area contributed by atoms with Gasteiger partial charge in [0.2, 0.25) is 0 Å². The van der Waals surface area contributed by atoms with Crippen LogP contribution in [0.15, 0.2) is 18.2 Å². The molecule has 0 radical (unpaired) electrons. The first-order chi connectivity index (χ1) is 9.51. The molecular weight excluding hydrogens is 248 g/mol. The minimum absolute atomic E-state index is 0.166. The Balaban J connectivity index is 0.000000956. The fourth-order valence-corrected chi connectivity index (χ4v) is 3.50. The lowest BCUT2D eigenvalue weighted by molar-refractivity contribution is 0.0696. The third-order valence-corrected chi connectivity index (χ3v) is 4.70. The maximum absolute atomic E-state index is 11.2. The molecule has 0 aromatic heterocycles. The number of aromatic carboxylic acids is 1. The van der Waals surface area contributed by atoms with Gasteiger partial charge in [-0.1, -0.05) is 40.7 Å². The molecule has 1 aliphatic rings. The Hall–Kier alpha value is -1.31. The molecule has 2 rings (SSSR count). The largest absolute Gasteiger partial charge is 0.478 e. The second-order valence-electron chi connectivity index (χ2n) is 5.70. The number of hydrogen-bond donors (Lipinski definition) is 1. The number of aryl methyl sites for hydroxylation is 1. The van der Waals surface area contributed by atoms with Gasteiger partial charge < -0.3 is 5.11 Å². The van der Waals surface area contributed by atoms with Crippen LogP contribution < -0.4 is 0 Å². The third-order valence-electron chi connectivity index (χ3n) is 4.70. The Bertz CT molecular complexity index is 462. The molecule has 0 aliphatic heterocycles. The van der Waals surface area contributed by atoms with Crippen LogP contribution in [-0.4, -0.2) is 11.1 Å². The van der Waals surface area contributed by atoms with Crippen molar-refractivity contribution >= 4 is 5.97 Å². The van der Waals surface area contributed by atoms with E-state index in [-0.39, 0.29) is 5.41 Å². The molecule has 1 aliphatic carbocycles. The number of benzene rings is 1. The van der Waals surface area contributed by atoms with Crippen molar-refractivity contribution in [1.82, 2.24) is 0 Å². The lowest BCUT2D eigenvalue weighted by Gasteiger charge is -2.42. The van der Waals surface area contributed by atoms with E-state index in [4.69, 9.17) is 5.11 Å². The standard InChI is InChI=1S/C16H22O2.C2H6/c1-4-16(11(2)3)9-5-6-12-7-8-13(15(17)18)10-14(12)16;1-2/h7-8,10-11H,4-6,9H2,1-3H3,(H,17,18);1-2H3. The molecule has 1 N–H and O–H groups in total. The van der Waals surface area contributed by atoms with Crippen molar-refractivity contribution in [3.63, 3.8) is 0 Å². The van der Waals surface area contributed by atoms with Gasteiger partial charge in [0, 0.05) is 0 Å². The Labute approximate surface area is 123 Å². The van der Waals surface area contributed by atoms with Crippen LogP contribution >= 0.6 is 0 Å². The predicted molar refractivity (Wildman–Crippen MR) is 84.5 cm³/mol. The molecule has 0 heterocycles. The van der Waals surface area contributed by atoms with Gasteiger partial charge in [0.1, 0.15) is 0 Å². The summed E-state index contributed by atoms with van der Waals surface area (Å²) in [5.74, 6) is -0.275. The summed E-state index contributed by atoms with van der Waals surface area (Å²) in [5, 5.41) is 9.17. The molecule has 0 saturated heterocycles. The monoisotopic (exact) mass is 276 g/mol. The molecule has 0 fully saturated rings. The summed E-state index contributed by atoms with van der Waals surface area (Å²) in [6, 6.07) is 5.68. The van der Waals surface area contributed by atoms with E-state index >= 15 is 0 Å². The summed E-state index contributed by atoms with van der Waals surface area (Å²) in [6.07, 6.45) is 4.56. The fourth-order valence-electron chi connectivity index (χ4n) is 3.50. The van der Waals surface area contributed by atoms with Gasteiger partial charge in [0.15, 0.2) is 0 Å². The first kappa shape index (κ1) is 16.7. The Morgan fingerprint density at radius 3 is 2.50 bits per heavy atom. The highest BCUT2D eigenvalue weighted by Crippen LogP contribution is 2.45. The Morgan fingerprint density at radius 2 is 2.00 bits per heavy atom. The van der Waals surface area contributed by atoms with Crippen LogP contribution in [0.4, 0.5) is 0 Å². The summed E-state index contributed by atoms with van der Waals surface area (Å²) in [6.45, 7) is 10.7. The third kappa shape index (κ3) is 2.89. The van der Waals surface area contributed by atoms with Gasteiger partial charge in [-0.05, 0) is 60.3 Å². The highest BCUT2D eigenvalue weighted by Gasteiger charge is 2.37. The van der Waals surface area contributed by atoms with Crippen LogP contribution in [-0.2, 0) is 11.8 Å². The van der Waals surface area contributed by atoms with Gasteiger partial charge >= 0.3 is 5.97 Å². The molecule has 1 aromatic rings. The van der Waals surface area contributed by atoms with Crippen LogP contribution in [0, 0.1) is 5.92 Å². The number of carboxylic acid groups (broad SMARTS) is 1. The smallest absolute Gasteiger partial charge is 0.335 e. The lowest BCUT2D eigenvalue weighted by atomic mass is 9.62. The van der Waals surface area contributed by atoms with Crippen LogP contribution in [0.25, 0.3) is 0 Å². The molecule has 0 spiro atoms. The van der Waals surface area contributed by atoms with E-state index in [1.54, 1.807) is 6.07 Å². The average Bonchev–Trinajstić information content (AvgIpc) is 2.47. The van der Waals surface area contributed by atoms with Crippen molar-refractivity contribution in [2.75, 3.05) is 0 Å². The zero-order valence-electron chi connectivity index (χ0n) is 13.5. The summed E-state index contributed by atoms with van der Waals surface area (Å²) in [5.41, 5.74) is 3.22. The normalized spacial score (nSPS) is 20.9. The van der Waals surface area contributed by atoms with Gasteiger partial charge in [-0.3, -0.25) is 0 Å². The molecule has 112 valence electrons. The summed E-state index contributed by atoms with van der Waals surface area (Å²) in [4.78, 5) is 11.2. The highest BCUT2D eigenvalue weighted by atomic mass is 16.4. The second kappa shape index (κ2) is 6.92. The molecule has 0 bridgehead atoms. The molecule has 1 atom stereocenters. The second-order valence-corrected chi connectivity index (χ2v) is 5.70. The molecule has 1 aromatic carbocycles. The van der Waals surface area contributed by atoms with Crippen molar-refractivity contribution in [2.45, 2.75) is 65.7 Å². The van der Waals surface area contributed by atoms with Crippen LogP contribution in [0.2, 0.25) is 0 Å². The SMILES string of the molecule is CC.CCC1(C(C)C)CCCc2ccc(C(=O)O)cc21. The number of rotatable bonds is 3. The quantitative estimate of drug-likeness (QED) is 0.838. The predicted octanol–water partition coefficient (Wildman–Crippen LogP) is 5.05. The number of carbonyl (C=O) groups is 1. The lowest BCUT2D eigenvalue weighted by Crippen LogP contribution is -2.35. The maximum Gasteiger partial charge on any atom is 0.335 e. The topological polar surface area (TPSA) is 37.3 Å². The molecule has 2 nitrogen and oxygen atoms in total. The van der Waals surface area contributed by atoms with Crippen molar-refractivity contribution in [1.29, 1.82) is 0 Å². The van der Waals surface area contributed by atoms with Gasteiger partial charge in [-0.2, -0.15) is 0 Å². The Kier molecular flexibility index (Phi) is 5.79. The van der Waals surface area contributed by atoms with E-state index < -0.39 is 5.97 Å². The van der Waals surface area contributed by atoms with E-state index in [9.17, 15) is 4.79 Å².